The lowest BCUT2D eigenvalue weighted by Crippen LogP contribution is -2.25. The Morgan fingerprint density at radius 3 is 2.20 bits per heavy atom. The molecule has 2 heterocycles. The summed E-state index contributed by atoms with van der Waals surface area (Å²) in [5.41, 5.74) is 5.58. The smallest absolute Gasteiger partial charge is 0.306 e. The van der Waals surface area contributed by atoms with E-state index < -0.39 is 0 Å². The predicted octanol–water partition coefficient (Wildman–Crippen LogP) is 8.85. The van der Waals surface area contributed by atoms with Crippen molar-refractivity contribution in [2.75, 3.05) is 5.32 Å². The van der Waals surface area contributed by atoms with Crippen LogP contribution < -0.4 is 5.32 Å². The Kier molecular flexibility index (Phi) is 10.1. The number of amides is 1. The highest BCUT2D eigenvalue weighted by atomic mass is 19.1. The molecule has 1 N–H and O–H groups in total. The van der Waals surface area contributed by atoms with E-state index in [1.807, 2.05) is 74.5 Å². The molecule has 0 bridgehead atoms. The van der Waals surface area contributed by atoms with Gasteiger partial charge in [-0.25, -0.2) is 4.39 Å². The van der Waals surface area contributed by atoms with E-state index in [0.29, 0.717) is 30.6 Å². The molecule has 0 spiro atoms. The van der Waals surface area contributed by atoms with Gasteiger partial charge in [-0.3, -0.25) is 9.59 Å². The molecule has 0 aliphatic carbocycles. The van der Waals surface area contributed by atoms with Crippen LogP contribution in [0.3, 0.4) is 0 Å². The number of halogens is 1. The zero-order valence-electron chi connectivity index (χ0n) is 24.3. The monoisotopic (exact) mass is 554 g/mol. The van der Waals surface area contributed by atoms with Crippen LogP contribution in [0, 0.1) is 5.82 Å². The number of aromatic nitrogens is 1. The van der Waals surface area contributed by atoms with Crippen LogP contribution in [0.2, 0.25) is 0 Å². The van der Waals surface area contributed by atoms with Crippen molar-refractivity contribution in [3.8, 4) is 22.4 Å². The zero-order valence-corrected chi connectivity index (χ0v) is 24.3. The standard InChI is InChI=1S/C33H33FN2O3.C2H6/c1-22(2)31-30(33(38)35-26-12-7-4-8-13-26)29(23-10-5-3-6-11-23)32(24-16-18-25(34)19-17-24)36(31)21-20-27-14-9-15-28(37)39-27;1-2/h3-8,10-13,16-19,22,27H,9,14-15,20-21H2,1-2H3,(H,35,38);1-2H3. The van der Waals surface area contributed by atoms with Crippen molar-refractivity contribution < 1.29 is 18.7 Å². The topological polar surface area (TPSA) is 60.3 Å². The van der Waals surface area contributed by atoms with E-state index >= 15 is 0 Å². The number of hydrogen-bond donors (Lipinski definition) is 1. The van der Waals surface area contributed by atoms with Gasteiger partial charge in [0.25, 0.3) is 5.91 Å². The molecular weight excluding hydrogens is 515 g/mol. The number of ether oxygens (including phenoxy) is 1. The van der Waals surface area contributed by atoms with Gasteiger partial charge >= 0.3 is 5.97 Å². The largest absolute Gasteiger partial charge is 0.462 e. The molecule has 0 radical (unpaired) electrons. The highest BCUT2D eigenvalue weighted by Gasteiger charge is 2.31. The number of esters is 1. The summed E-state index contributed by atoms with van der Waals surface area (Å²) in [4.78, 5) is 26.0. The summed E-state index contributed by atoms with van der Waals surface area (Å²) in [6.45, 7) is 8.71. The van der Waals surface area contributed by atoms with Crippen LogP contribution in [0.4, 0.5) is 10.1 Å². The Morgan fingerprint density at radius 2 is 1.59 bits per heavy atom. The molecule has 41 heavy (non-hydrogen) atoms. The summed E-state index contributed by atoms with van der Waals surface area (Å²) in [6.07, 6.45) is 2.55. The fourth-order valence-electron chi connectivity index (χ4n) is 5.46. The molecule has 3 aromatic carbocycles. The second-order valence-corrected chi connectivity index (χ2v) is 10.3. The third-order valence-electron chi connectivity index (χ3n) is 7.17. The highest BCUT2D eigenvalue weighted by molar-refractivity contribution is 6.12. The molecule has 1 aliphatic rings. The Labute approximate surface area is 242 Å². The van der Waals surface area contributed by atoms with Crippen LogP contribution in [0.5, 0.6) is 0 Å². The Morgan fingerprint density at radius 1 is 0.951 bits per heavy atom. The van der Waals surface area contributed by atoms with E-state index in [0.717, 1.165) is 40.9 Å². The minimum absolute atomic E-state index is 0.00656. The molecule has 1 amide bonds. The second kappa shape index (κ2) is 13.9. The maximum atomic E-state index is 14.1. The molecule has 5 nitrogen and oxygen atoms in total. The minimum atomic E-state index is -0.321. The molecule has 1 aromatic heterocycles. The average molecular weight is 555 g/mol. The summed E-state index contributed by atoms with van der Waals surface area (Å²) in [7, 11) is 0. The summed E-state index contributed by atoms with van der Waals surface area (Å²) in [5.74, 6) is -0.671. The third-order valence-corrected chi connectivity index (χ3v) is 7.17. The highest BCUT2D eigenvalue weighted by Crippen LogP contribution is 2.42. The van der Waals surface area contributed by atoms with E-state index in [2.05, 4.69) is 23.7 Å². The van der Waals surface area contributed by atoms with Crippen LogP contribution in [0.1, 0.15) is 75.3 Å². The van der Waals surface area contributed by atoms with Crippen LogP contribution in [0.15, 0.2) is 84.9 Å². The van der Waals surface area contributed by atoms with E-state index in [9.17, 15) is 14.0 Å². The normalized spacial score (nSPS) is 14.7. The van der Waals surface area contributed by atoms with Crippen LogP contribution >= 0.6 is 0 Å². The first-order valence-electron chi connectivity index (χ1n) is 14.6. The van der Waals surface area contributed by atoms with E-state index in [4.69, 9.17) is 4.74 Å². The predicted molar refractivity (Wildman–Crippen MR) is 163 cm³/mol. The first kappa shape index (κ1) is 29.8. The molecule has 4 aromatic rings. The number of nitrogens with one attached hydrogen (secondary N) is 1. The molecule has 0 saturated carbocycles. The van der Waals surface area contributed by atoms with Gasteiger partial charge in [-0.05, 0) is 66.3 Å². The van der Waals surface area contributed by atoms with Crippen molar-refractivity contribution in [1.82, 2.24) is 4.57 Å². The fraction of sp³-hybridized carbons (Fsp3) is 0.314. The first-order chi connectivity index (χ1) is 19.9. The Hall–Kier alpha value is -4.19. The summed E-state index contributed by atoms with van der Waals surface area (Å²) in [5, 5.41) is 3.09. The number of nitrogens with zero attached hydrogens (tertiary/aromatic N) is 1. The molecule has 1 fully saturated rings. The van der Waals surface area contributed by atoms with Crippen molar-refractivity contribution in [2.45, 2.75) is 71.9 Å². The van der Waals surface area contributed by atoms with Gasteiger partial charge in [0.2, 0.25) is 0 Å². The third kappa shape index (κ3) is 6.94. The molecule has 1 saturated heterocycles. The molecule has 1 unspecified atom stereocenters. The molecule has 1 atom stereocenters. The van der Waals surface area contributed by atoms with Crippen LogP contribution in [-0.4, -0.2) is 22.5 Å². The zero-order chi connectivity index (χ0) is 29.4. The SMILES string of the molecule is CC.CC(C)c1c(C(=O)Nc2ccccc2)c(-c2ccccc2)c(-c2ccc(F)cc2)n1CCC1CCCC(=O)O1. The maximum Gasteiger partial charge on any atom is 0.306 e. The summed E-state index contributed by atoms with van der Waals surface area (Å²) >= 11 is 0. The van der Waals surface area contributed by atoms with Gasteiger partial charge in [0.05, 0.1) is 11.3 Å². The number of rotatable bonds is 8. The summed E-state index contributed by atoms with van der Waals surface area (Å²) < 4.78 is 21.8. The van der Waals surface area contributed by atoms with Gasteiger partial charge in [-0.15, -0.1) is 0 Å². The Bertz CT molecular complexity index is 1440. The molecule has 6 heteroatoms. The summed E-state index contributed by atoms with van der Waals surface area (Å²) in [6, 6.07) is 25.7. The fourth-order valence-corrected chi connectivity index (χ4v) is 5.46. The lowest BCUT2D eigenvalue weighted by Gasteiger charge is -2.24. The van der Waals surface area contributed by atoms with Gasteiger partial charge < -0.3 is 14.6 Å². The Balaban J connectivity index is 0.00000189. The van der Waals surface area contributed by atoms with Crippen molar-refractivity contribution in [1.29, 1.82) is 0 Å². The molecule has 5 rings (SSSR count). The molecule has 1 aliphatic heterocycles. The number of carbonyl (C=O) groups excluding carboxylic acids is 2. The number of benzene rings is 3. The molecular formula is C35H39FN2O3. The lowest BCUT2D eigenvalue weighted by atomic mass is 9.94. The van der Waals surface area contributed by atoms with Gasteiger partial charge in [0.1, 0.15) is 11.9 Å². The van der Waals surface area contributed by atoms with Gasteiger partial charge in [-0.1, -0.05) is 76.2 Å². The number of cyclic esters (lactones) is 1. The van der Waals surface area contributed by atoms with Crippen molar-refractivity contribution in [3.05, 3.63) is 102 Å². The maximum absolute atomic E-state index is 14.1. The van der Waals surface area contributed by atoms with Crippen molar-refractivity contribution in [3.63, 3.8) is 0 Å². The second-order valence-electron chi connectivity index (χ2n) is 10.3. The minimum Gasteiger partial charge on any atom is -0.462 e. The van der Waals surface area contributed by atoms with Crippen molar-refractivity contribution in [2.24, 2.45) is 0 Å². The van der Waals surface area contributed by atoms with Gasteiger partial charge in [0, 0.05) is 36.3 Å². The average Bonchev–Trinajstić information content (AvgIpc) is 3.34. The van der Waals surface area contributed by atoms with Crippen LogP contribution in [-0.2, 0) is 16.1 Å². The number of carbonyl (C=O) groups is 2. The lowest BCUT2D eigenvalue weighted by molar-refractivity contribution is -0.154. The van der Waals surface area contributed by atoms with Gasteiger partial charge in [0.15, 0.2) is 0 Å². The molecule has 214 valence electrons. The van der Waals surface area contributed by atoms with Gasteiger partial charge in [-0.2, -0.15) is 0 Å². The number of hydrogen-bond acceptors (Lipinski definition) is 3. The quantitative estimate of drug-likeness (QED) is 0.221. The van der Waals surface area contributed by atoms with Crippen molar-refractivity contribution >= 4 is 17.6 Å². The van der Waals surface area contributed by atoms with E-state index in [1.165, 1.54) is 12.1 Å². The first-order valence-corrected chi connectivity index (χ1v) is 14.6. The van der Waals surface area contributed by atoms with E-state index in [-0.39, 0.29) is 29.7 Å². The van der Waals surface area contributed by atoms with E-state index in [1.54, 1.807) is 12.1 Å². The van der Waals surface area contributed by atoms with Crippen LogP contribution in [0.25, 0.3) is 22.4 Å². The number of para-hydroxylation sites is 1. The number of anilines is 1.